The van der Waals surface area contributed by atoms with Gasteiger partial charge >= 0.3 is 0 Å². The molecule has 2 atom stereocenters. The van der Waals surface area contributed by atoms with Crippen molar-refractivity contribution in [3.63, 3.8) is 0 Å². The van der Waals surface area contributed by atoms with Gasteiger partial charge in [0.05, 0.1) is 12.2 Å². The first-order chi connectivity index (χ1) is 10.9. The fourth-order valence-electron chi connectivity index (χ4n) is 3.05. The van der Waals surface area contributed by atoms with Gasteiger partial charge in [-0.05, 0) is 32.9 Å². The fraction of sp³-hybridized carbons (Fsp3) is 0.471. The minimum absolute atomic E-state index is 0.0488. The normalized spacial score (nSPS) is 21.5. The summed E-state index contributed by atoms with van der Waals surface area (Å²) in [5, 5.41) is 4.25. The fourth-order valence-corrected chi connectivity index (χ4v) is 3.05. The molecule has 122 valence electrons. The van der Waals surface area contributed by atoms with Crippen LogP contribution in [0.1, 0.15) is 30.0 Å². The summed E-state index contributed by atoms with van der Waals surface area (Å²) in [5.41, 5.74) is 1.64. The lowest BCUT2D eigenvalue weighted by atomic mass is 10.1. The molecule has 6 nitrogen and oxygen atoms in total. The van der Waals surface area contributed by atoms with Crippen molar-refractivity contribution in [2.45, 2.75) is 33.0 Å². The molecule has 0 aliphatic carbocycles. The zero-order chi connectivity index (χ0) is 16.6. The molecular weight excluding hydrogens is 292 g/mol. The summed E-state index contributed by atoms with van der Waals surface area (Å²) in [6.45, 7) is 7.12. The van der Waals surface area contributed by atoms with E-state index in [1.807, 2.05) is 57.0 Å². The second-order valence-corrected chi connectivity index (χ2v) is 6.15. The average molecular weight is 314 g/mol. The maximum Gasteiger partial charge on any atom is 0.254 e. The third kappa shape index (κ3) is 3.27. The van der Waals surface area contributed by atoms with Gasteiger partial charge in [0.25, 0.3) is 5.91 Å². The van der Waals surface area contributed by atoms with E-state index in [2.05, 4.69) is 10.1 Å². The van der Waals surface area contributed by atoms with Crippen LogP contribution < -0.4 is 0 Å². The first-order valence-corrected chi connectivity index (χ1v) is 7.87. The molecule has 0 radical (unpaired) electrons. The van der Waals surface area contributed by atoms with Gasteiger partial charge < -0.3 is 9.64 Å². The quantitative estimate of drug-likeness (QED) is 0.851. The number of aryl methyl sites for hydroxylation is 2. The van der Waals surface area contributed by atoms with Gasteiger partial charge in [0.2, 0.25) is 0 Å². The molecule has 0 bridgehead atoms. The first-order valence-electron chi connectivity index (χ1n) is 7.87. The van der Waals surface area contributed by atoms with Gasteiger partial charge in [-0.1, -0.05) is 12.1 Å². The molecule has 1 saturated heterocycles. The molecule has 0 spiro atoms. The van der Waals surface area contributed by atoms with Crippen molar-refractivity contribution >= 4 is 5.91 Å². The molecule has 2 aromatic rings. The number of morpholine rings is 1. The smallest absolute Gasteiger partial charge is 0.254 e. The van der Waals surface area contributed by atoms with E-state index in [0.29, 0.717) is 18.7 Å². The molecule has 2 unspecified atom stereocenters. The van der Waals surface area contributed by atoms with Crippen molar-refractivity contribution < 1.29 is 9.53 Å². The minimum Gasteiger partial charge on any atom is -0.372 e. The van der Waals surface area contributed by atoms with Crippen LogP contribution >= 0.6 is 0 Å². The number of hydrogen-bond donors (Lipinski definition) is 0. The Hall–Kier alpha value is -2.21. The summed E-state index contributed by atoms with van der Waals surface area (Å²) in [6.07, 6.45) is 0.146. The molecular formula is C17H22N4O2. The molecule has 0 N–H and O–H groups in total. The molecule has 23 heavy (non-hydrogen) atoms. The zero-order valence-corrected chi connectivity index (χ0v) is 14.0. The Kier molecular flexibility index (Phi) is 4.17. The Bertz CT molecular complexity index is 698. The third-order valence-electron chi connectivity index (χ3n) is 3.97. The zero-order valence-electron chi connectivity index (χ0n) is 14.0. The van der Waals surface area contributed by atoms with E-state index in [1.165, 1.54) is 0 Å². The second kappa shape index (κ2) is 6.12. The Morgan fingerprint density at radius 2 is 1.78 bits per heavy atom. The van der Waals surface area contributed by atoms with Gasteiger partial charge in [0.15, 0.2) is 5.82 Å². The highest BCUT2D eigenvalue weighted by molar-refractivity contribution is 5.94. The number of carbonyl (C=O) groups excluding carboxylic acids is 1. The van der Waals surface area contributed by atoms with Crippen molar-refractivity contribution in [3.8, 4) is 11.4 Å². The van der Waals surface area contributed by atoms with Crippen molar-refractivity contribution in [2.75, 3.05) is 13.1 Å². The van der Waals surface area contributed by atoms with E-state index in [4.69, 9.17) is 4.74 Å². The van der Waals surface area contributed by atoms with Gasteiger partial charge in [0, 0.05) is 31.3 Å². The molecule has 1 aliphatic heterocycles. The highest BCUT2D eigenvalue weighted by Crippen LogP contribution is 2.19. The van der Waals surface area contributed by atoms with Crippen LogP contribution in [0.2, 0.25) is 0 Å². The van der Waals surface area contributed by atoms with Crippen LogP contribution in [0.3, 0.4) is 0 Å². The Balaban J connectivity index is 1.79. The minimum atomic E-state index is 0.0488. The van der Waals surface area contributed by atoms with Crippen LogP contribution in [0, 0.1) is 6.92 Å². The topological polar surface area (TPSA) is 60.3 Å². The van der Waals surface area contributed by atoms with E-state index < -0.39 is 0 Å². The molecule has 1 amide bonds. The van der Waals surface area contributed by atoms with Crippen molar-refractivity contribution in [3.05, 3.63) is 35.7 Å². The second-order valence-electron chi connectivity index (χ2n) is 6.15. The van der Waals surface area contributed by atoms with Crippen LogP contribution in [-0.4, -0.2) is 50.9 Å². The molecule has 2 heterocycles. The van der Waals surface area contributed by atoms with Crippen molar-refractivity contribution in [1.82, 2.24) is 19.7 Å². The summed E-state index contributed by atoms with van der Waals surface area (Å²) < 4.78 is 7.43. The number of rotatable bonds is 2. The van der Waals surface area contributed by atoms with E-state index in [-0.39, 0.29) is 18.1 Å². The monoisotopic (exact) mass is 314 g/mol. The van der Waals surface area contributed by atoms with Crippen molar-refractivity contribution in [2.24, 2.45) is 7.05 Å². The van der Waals surface area contributed by atoms with Crippen LogP contribution in [0.4, 0.5) is 0 Å². The van der Waals surface area contributed by atoms with Crippen LogP contribution in [0.5, 0.6) is 0 Å². The highest BCUT2D eigenvalue weighted by atomic mass is 16.5. The summed E-state index contributed by atoms with van der Waals surface area (Å²) in [7, 11) is 1.87. The van der Waals surface area contributed by atoms with E-state index in [1.54, 1.807) is 4.68 Å². The Morgan fingerprint density at radius 3 is 2.30 bits per heavy atom. The highest BCUT2D eigenvalue weighted by Gasteiger charge is 2.26. The lowest BCUT2D eigenvalue weighted by Crippen LogP contribution is -2.48. The van der Waals surface area contributed by atoms with E-state index >= 15 is 0 Å². The van der Waals surface area contributed by atoms with Crippen LogP contribution in [0.25, 0.3) is 11.4 Å². The predicted molar refractivity (Wildman–Crippen MR) is 87.1 cm³/mol. The molecule has 1 fully saturated rings. The lowest BCUT2D eigenvalue weighted by molar-refractivity contribution is -0.0586. The molecule has 0 saturated carbocycles. The van der Waals surface area contributed by atoms with Gasteiger partial charge in [-0.15, -0.1) is 0 Å². The number of nitrogens with zero attached hydrogens (tertiary/aromatic N) is 4. The van der Waals surface area contributed by atoms with Crippen molar-refractivity contribution in [1.29, 1.82) is 0 Å². The van der Waals surface area contributed by atoms with Gasteiger partial charge in [-0.3, -0.25) is 4.79 Å². The molecule has 1 aromatic heterocycles. The summed E-state index contributed by atoms with van der Waals surface area (Å²) in [6, 6.07) is 7.55. The summed E-state index contributed by atoms with van der Waals surface area (Å²) in [5.74, 6) is 1.58. The number of benzene rings is 1. The standard InChI is InChI=1S/C17H22N4O2/c1-11-9-21(10-12(2)23-11)17(22)15-7-5-14(6-8-15)16-18-13(3)19-20(16)4/h5-8,11-12H,9-10H2,1-4H3. The van der Waals surface area contributed by atoms with Crippen LogP contribution in [0.15, 0.2) is 24.3 Å². The van der Waals surface area contributed by atoms with Gasteiger partial charge in [0.1, 0.15) is 5.82 Å². The third-order valence-corrected chi connectivity index (χ3v) is 3.97. The number of amides is 1. The predicted octanol–water partition coefficient (Wildman–Crippen LogP) is 2.04. The number of hydrogen-bond acceptors (Lipinski definition) is 4. The lowest BCUT2D eigenvalue weighted by Gasteiger charge is -2.35. The summed E-state index contributed by atoms with van der Waals surface area (Å²) in [4.78, 5) is 18.9. The molecule has 3 rings (SSSR count). The average Bonchev–Trinajstić information content (AvgIpc) is 2.84. The Morgan fingerprint density at radius 1 is 1.17 bits per heavy atom. The Labute approximate surface area is 136 Å². The molecule has 1 aromatic carbocycles. The summed E-state index contributed by atoms with van der Waals surface area (Å²) >= 11 is 0. The number of ether oxygens (including phenoxy) is 1. The molecule has 6 heteroatoms. The maximum absolute atomic E-state index is 12.6. The van der Waals surface area contributed by atoms with Gasteiger partial charge in [-0.25, -0.2) is 9.67 Å². The number of aromatic nitrogens is 3. The van der Waals surface area contributed by atoms with Crippen LogP contribution in [-0.2, 0) is 11.8 Å². The first kappa shape index (κ1) is 15.7. The molecule has 1 aliphatic rings. The van der Waals surface area contributed by atoms with E-state index in [0.717, 1.165) is 17.2 Å². The SMILES string of the molecule is Cc1nc(-c2ccc(C(=O)N3CC(C)OC(C)C3)cc2)n(C)n1. The van der Waals surface area contributed by atoms with E-state index in [9.17, 15) is 4.79 Å². The number of carbonyl (C=O) groups is 1. The maximum atomic E-state index is 12.6. The largest absolute Gasteiger partial charge is 0.372 e. The van der Waals surface area contributed by atoms with Gasteiger partial charge in [-0.2, -0.15) is 5.10 Å².